The highest BCUT2D eigenvalue weighted by molar-refractivity contribution is 6.37. The molecule has 1 N–H and O–H groups in total. The maximum absolute atomic E-state index is 11.5. The lowest BCUT2D eigenvalue weighted by atomic mass is 10.1. The van der Waals surface area contributed by atoms with Crippen LogP contribution in [0.25, 0.3) is 0 Å². The predicted molar refractivity (Wildman–Crippen MR) is 56.5 cm³/mol. The van der Waals surface area contributed by atoms with Crippen LogP contribution < -0.4 is 5.43 Å². The molecule has 0 unspecified atom stereocenters. The summed E-state index contributed by atoms with van der Waals surface area (Å²) in [7, 11) is 1.26. The molecule has 0 spiro atoms. The fraction of sp³-hybridized carbons (Fsp3) is 0.500. The summed E-state index contributed by atoms with van der Waals surface area (Å²) in [6, 6.07) is 0. The number of esters is 2. The van der Waals surface area contributed by atoms with Crippen LogP contribution in [0.2, 0.25) is 0 Å². The van der Waals surface area contributed by atoms with Crippen LogP contribution in [-0.4, -0.2) is 31.4 Å². The van der Waals surface area contributed by atoms with Crippen molar-refractivity contribution in [1.82, 2.24) is 5.43 Å². The van der Waals surface area contributed by atoms with Gasteiger partial charge in [0.25, 0.3) is 0 Å². The molecule has 88 valence electrons. The van der Waals surface area contributed by atoms with E-state index in [1.807, 2.05) is 0 Å². The monoisotopic (exact) mass is 226 g/mol. The van der Waals surface area contributed by atoms with Gasteiger partial charge in [0.05, 0.1) is 19.3 Å². The van der Waals surface area contributed by atoms with Crippen LogP contribution in [0.4, 0.5) is 0 Å². The van der Waals surface area contributed by atoms with E-state index in [0.29, 0.717) is 17.9 Å². The van der Waals surface area contributed by atoms with E-state index in [1.165, 1.54) is 7.11 Å². The Morgan fingerprint density at radius 3 is 2.69 bits per heavy atom. The van der Waals surface area contributed by atoms with Gasteiger partial charge in [0, 0.05) is 12.1 Å². The van der Waals surface area contributed by atoms with Crippen molar-refractivity contribution in [2.24, 2.45) is 5.10 Å². The number of nitrogens with one attached hydrogen (secondary N) is 1. The molecule has 0 aromatic rings. The molecule has 1 rings (SSSR count). The molecule has 1 heterocycles. The number of carbonyl (C=O) groups excluding carboxylic acids is 2. The first kappa shape index (κ1) is 12.2. The van der Waals surface area contributed by atoms with Crippen molar-refractivity contribution in [3.05, 3.63) is 11.3 Å². The average Bonchev–Trinajstić information content (AvgIpc) is 2.29. The molecule has 1 aliphatic rings. The molecule has 0 fully saturated rings. The Balaban J connectivity index is 2.79. The van der Waals surface area contributed by atoms with Gasteiger partial charge in [-0.3, -0.25) is 5.43 Å². The van der Waals surface area contributed by atoms with Gasteiger partial charge in [-0.2, -0.15) is 5.10 Å². The lowest BCUT2D eigenvalue weighted by Crippen LogP contribution is -2.28. The third-order valence-electron chi connectivity index (χ3n) is 2.10. The van der Waals surface area contributed by atoms with Crippen molar-refractivity contribution >= 4 is 17.7 Å². The zero-order chi connectivity index (χ0) is 12.1. The number of ether oxygens (including phenoxy) is 2. The van der Waals surface area contributed by atoms with Gasteiger partial charge in [0.2, 0.25) is 0 Å². The molecule has 6 heteroatoms. The van der Waals surface area contributed by atoms with Crippen LogP contribution in [0.15, 0.2) is 16.4 Å². The largest absolute Gasteiger partial charge is 0.464 e. The molecule has 0 radical (unpaired) electrons. The maximum Gasteiger partial charge on any atom is 0.354 e. The Hall–Kier alpha value is -1.85. The number of nitrogens with zero attached hydrogens (tertiary/aromatic N) is 1. The molecule has 0 atom stereocenters. The van der Waals surface area contributed by atoms with Gasteiger partial charge in [0.1, 0.15) is 0 Å². The lowest BCUT2D eigenvalue weighted by Gasteiger charge is -2.16. The molecular formula is C10H14N2O4. The summed E-state index contributed by atoms with van der Waals surface area (Å²) in [5.74, 6) is -0.995. The molecule has 0 amide bonds. The van der Waals surface area contributed by atoms with Crippen LogP contribution in [0.3, 0.4) is 0 Å². The summed E-state index contributed by atoms with van der Waals surface area (Å²) in [4.78, 5) is 22.8. The van der Waals surface area contributed by atoms with Crippen molar-refractivity contribution in [3.8, 4) is 0 Å². The standard InChI is InChI=1S/C10H14N2O4/c1-4-16-9(13)7-5-8(10(14)15-3)12-11-6(7)2/h11H,4-5H2,1-3H3. The molecule has 0 aromatic carbocycles. The van der Waals surface area contributed by atoms with Gasteiger partial charge in [-0.05, 0) is 13.8 Å². The first-order valence-corrected chi connectivity index (χ1v) is 4.87. The second kappa shape index (κ2) is 5.29. The number of allylic oxidation sites excluding steroid dienone is 1. The SMILES string of the molecule is CCOC(=O)C1=C(C)NN=C(C(=O)OC)C1. The first-order chi connectivity index (χ1) is 7.60. The third kappa shape index (κ3) is 2.59. The zero-order valence-electron chi connectivity index (χ0n) is 9.49. The summed E-state index contributed by atoms with van der Waals surface area (Å²) in [5.41, 5.74) is 3.75. The summed E-state index contributed by atoms with van der Waals surface area (Å²) in [6.45, 7) is 3.71. The second-order valence-electron chi connectivity index (χ2n) is 3.16. The van der Waals surface area contributed by atoms with E-state index in [1.54, 1.807) is 13.8 Å². The molecule has 6 nitrogen and oxygen atoms in total. The second-order valence-corrected chi connectivity index (χ2v) is 3.16. The molecule has 16 heavy (non-hydrogen) atoms. The Morgan fingerprint density at radius 2 is 2.12 bits per heavy atom. The van der Waals surface area contributed by atoms with E-state index >= 15 is 0 Å². The van der Waals surface area contributed by atoms with Gasteiger partial charge in [0.15, 0.2) is 5.71 Å². The zero-order valence-corrected chi connectivity index (χ0v) is 9.49. The van der Waals surface area contributed by atoms with Gasteiger partial charge >= 0.3 is 11.9 Å². The molecule has 0 saturated heterocycles. The minimum Gasteiger partial charge on any atom is -0.464 e. The predicted octanol–water partition coefficient (Wildman–Crippen LogP) is 0.346. The Morgan fingerprint density at radius 1 is 1.44 bits per heavy atom. The van der Waals surface area contributed by atoms with Crippen molar-refractivity contribution in [1.29, 1.82) is 0 Å². The highest BCUT2D eigenvalue weighted by atomic mass is 16.5. The van der Waals surface area contributed by atoms with Crippen LogP contribution in [0.1, 0.15) is 20.3 Å². The van der Waals surface area contributed by atoms with Crippen LogP contribution >= 0.6 is 0 Å². The molecule has 0 aromatic heterocycles. The fourth-order valence-electron chi connectivity index (χ4n) is 1.24. The van der Waals surface area contributed by atoms with E-state index in [0.717, 1.165) is 0 Å². The molecule has 0 bridgehead atoms. The van der Waals surface area contributed by atoms with Crippen molar-refractivity contribution in [2.45, 2.75) is 20.3 Å². The van der Waals surface area contributed by atoms with Crippen molar-refractivity contribution in [2.75, 3.05) is 13.7 Å². The lowest BCUT2D eigenvalue weighted by molar-refractivity contribution is -0.138. The molecule has 1 aliphatic heterocycles. The van der Waals surface area contributed by atoms with Crippen LogP contribution in [0, 0.1) is 0 Å². The first-order valence-electron chi connectivity index (χ1n) is 4.87. The van der Waals surface area contributed by atoms with Gasteiger partial charge in [-0.25, -0.2) is 9.59 Å². The Labute approximate surface area is 93.3 Å². The van der Waals surface area contributed by atoms with Gasteiger partial charge in [-0.15, -0.1) is 0 Å². The normalized spacial score (nSPS) is 15.1. The van der Waals surface area contributed by atoms with E-state index < -0.39 is 11.9 Å². The van der Waals surface area contributed by atoms with Crippen molar-refractivity contribution in [3.63, 3.8) is 0 Å². The summed E-state index contributed by atoms with van der Waals surface area (Å²) >= 11 is 0. The molecule has 0 aliphatic carbocycles. The highest BCUT2D eigenvalue weighted by Gasteiger charge is 2.24. The number of hydrogen-bond donors (Lipinski definition) is 1. The minimum absolute atomic E-state index is 0.129. The fourth-order valence-corrected chi connectivity index (χ4v) is 1.24. The molecular weight excluding hydrogens is 212 g/mol. The summed E-state index contributed by atoms with van der Waals surface area (Å²) < 4.78 is 9.40. The Bertz CT molecular complexity index is 371. The number of hydrogen-bond acceptors (Lipinski definition) is 6. The number of methoxy groups -OCH3 is 1. The van der Waals surface area contributed by atoms with E-state index in [-0.39, 0.29) is 12.1 Å². The number of rotatable bonds is 3. The number of carbonyl (C=O) groups is 2. The van der Waals surface area contributed by atoms with E-state index in [4.69, 9.17) is 4.74 Å². The van der Waals surface area contributed by atoms with Crippen LogP contribution in [-0.2, 0) is 19.1 Å². The smallest absolute Gasteiger partial charge is 0.354 e. The average molecular weight is 226 g/mol. The van der Waals surface area contributed by atoms with Crippen LogP contribution in [0.5, 0.6) is 0 Å². The van der Waals surface area contributed by atoms with E-state index in [2.05, 4.69) is 15.3 Å². The number of hydrazone groups is 1. The highest BCUT2D eigenvalue weighted by Crippen LogP contribution is 2.15. The quantitative estimate of drug-likeness (QED) is 0.702. The molecule has 0 saturated carbocycles. The topological polar surface area (TPSA) is 77.0 Å². The van der Waals surface area contributed by atoms with Gasteiger partial charge in [-0.1, -0.05) is 0 Å². The summed E-state index contributed by atoms with van der Waals surface area (Å²) in [5, 5.41) is 3.80. The maximum atomic E-state index is 11.5. The van der Waals surface area contributed by atoms with Crippen molar-refractivity contribution < 1.29 is 19.1 Å². The third-order valence-corrected chi connectivity index (χ3v) is 2.10. The Kier molecular flexibility index (Phi) is 4.04. The summed E-state index contributed by atoms with van der Waals surface area (Å²) in [6.07, 6.45) is 0.129. The van der Waals surface area contributed by atoms with E-state index in [9.17, 15) is 9.59 Å². The minimum atomic E-state index is -0.554. The van der Waals surface area contributed by atoms with Gasteiger partial charge < -0.3 is 9.47 Å².